The van der Waals surface area contributed by atoms with E-state index in [9.17, 15) is 4.79 Å². The summed E-state index contributed by atoms with van der Waals surface area (Å²) < 4.78 is 3.90. The van der Waals surface area contributed by atoms with Crippen molar-refractivity contribution in [3.63, 3.8) is 0 Å². The number of hydrogen-bond acceptors (Lipinski definition) is 5. The molecule has 1 aliphatic rings. The summed E-state index contributed by atoms with van der Waals surface area (Å²) >= 11 is 6.85. The number of para-hydroxylation sites is 1. The lowest BCUT2D eigenvalue weighted by Gasteiger charge is -2.16. The van der Waals surface area contributed by atoms with Gasteiger partial charge in [-0.1, -0.05) is 57.6 Å². The molecule has 0 radical (unpaired) electrons. The number of amides is 1. The van der Waals surface area contributed by atoms with Crippen molar-refractivity contribution in [2.24, 2.45) is 0 Å². The number of carbonyl (C=O) groups is 1. The first-order chi connectivity index (χ1) is 13.6. The minimum absolute atomic E-state index is 0.00709. The summed E-state index contributed by atoms with van der Waals surface area (Å²) in [6.07, 6.45) is 0. The fraction of sp³-hybridized carbons (Fsp3) is 0.150. The third kappa shape index (κ3) is 2.96. The molecule has 1 unspecified atom stereocenters. The molecular formula is C20H15BrN4OS2. The van der Waals surface area contributed by atoms with Gasteiger partial charge in [0.25, 0.3) is 0 Å². The highest BCUT2D eigenvalue weighted by molar-refractivity contribution is 9.10. The largest absolute Gasteiger partial charge is 0.310 e. The monoisotopic (exact) mass is 470 g/mol. The Morgan fingerprint density at radius 1 is 1.18 bits per heavy atom. The maximum Gasteiger partial charge on any atom is 0.235 e. The molecule has 2 aromatic carbocycles. The highest BCUT2D eigenvalue weighted by atomic mass is 79.9. The fourth-order valence-electron chi connectivity index (χ4n) is 3.41. The number of thiazole rings is 1. The molecule has 0 fully saturated rings. The standard InChI is InChI=1S/C20H15BrN4OS2/c1-11-17-18(12-6-2-3-7-13(12)21)27-10-16(26)23-19(17)25(24-11)20-22-14-8-4-5-9-15(14)28-20/h2-9,18H,10H2,1H3,(H,23,26). The van der Waals surface area contributed by atoms with E-state index in [0.717, 1.165) is 36.6 Å². The molecule has 1 atom stereocenters. The second-order valence-corrected chi connectivity index (χ2v) is 9.44. The summed E-state index contributed by atoms with van der Waals surface area (Å²) in [5, 5.41) is 8.59. The average molecular weight is 471 g/mol. The van der Waals surface area contributed by atoms with Crippen LogP contribution in [0, 0.1) is 6.92 Å². The molecule has 5 rings (SSSR count). The van der Waals surface area contributed by atoms with Crippen LogP contribution in [0.2, 0.25) is 0 Å². The summed E-state index contributed by atoms with van der Waals surface area (Å²) in [5.41, 5.74) is 3.99. The van der Waals surface area contributed by atoms with Gasteiger partial charge in [0, 0.05) is 10.0 Å². The van der Waals surface area contributed by atoms with Crippen molar-refractivity contribution in [1.82, 2.24) is 14.8 Å². The number of aryl methyl sites for hydroxylation is 1. The van der Waals surface area contributed by atoms with Crippen molar-refractivity contribution in [1.29, 1.82) is 0 Å². The SMILES string of the molecule is Cc1nn(-c2nc3ccccc3s2)c2c1C(c1ccccc1Br)SCC(=O)N2. The van der Waals surface area contributed by atoms with Gasteiger partial charge in [-0.25, -0.2) is 4.98 Å². The number of hydrogen-bond donors (Lipinski definition) is 1. The van der Waals surface area contributed by atoms with Gasteiger partial charge in [-0.15, -0.1) is 11.8 Å². The number of nitrogens with one attached hydrogen (secondary N) is 1. The van der Waals surface area contributed by atoms with Crippen molar-refractivity contribution >= 4 is 61.0 Å². The first kappa shape index (κ1) is 17.9. The van der Waals surface area contributed by atoms with Gasteiger partial charge in [0.15, 0.2) is 0 Å². The van der Waals surface area contributed by atoms with Crippen LogP contribution in [-0.4, -0.2) is 26.4 Å². The lowest BCUT2D eigenvalue weighted by molar-refractivity contribution is -0.113. The first-order valence-electron chi connectivity index (χ1n) is 8.73. The number of benzene rings is 2. The summed E-state index contributed by atoms with van der Waals surface area (Å²) in [6.45, 7) is 1.99. The summed E-state index contributed by atoms with van der Waals surface area (Å²) in [6, 6.07) is 16.2. The number of fused-ring (bicyclic) bond motifs is 2. The van der Waals surface area contributed by atoms with Crippen LogP contribution in [0.3, 0.4) is 0 Å². The number of halogens is 1. The van der Waals surface area contributed by atoms with Gasteiger partial charge in [-0.05, 0) is 30.7 Å². The van der Waals surface area contributed by atoms with Crippen molar-refractivity contribution in [3.05, 3.63) is 69.8 Å². The smallest absolute Gasteiger partial charge is 0.235 e. The molecule has 2 aromatic heterocycles. The Morgan fingerprint density at radius 2 is 1.96 bits per heavy atom. The normalized spacial score (nSPS) is 16.6. The van der Waals surface area contributed by atoms with Gasteiger partial charge in [-0.2, -0.15) is 9.78 Å². The van der Waals surface area contributed by atoms with Crippen molar-refractivity contribution in [2.45, 2.75) is 12.2 Å². The van der Waals surface area contributed by atoms with Gasteiger partial charge in [-0.3, -0.25) is 4.79 Å². The predicted molar refractivity (Wildman–Crippen MR) is 119 cm³/mol. The third-order valence-corrected chi connectivity index (χ3v) is 7.65. The molecular weight excluding hydrogens is 456 g/mol. The van der Waals surface area contributed by atoms with E-state index in [2.05, 4.69) is 27.3 Å². The highest BCUT2D eigenvalue weighted by Crippen LogP contribution is 2.46. The van der Waals surface area contributed by atoms with Crippen LogP contribution in [0.1, 0.15) is 22.1 Å². The molecule has 1 amide bonds. The van der Waals surface area contributed by atoms with E-state index in [1.165, 1.54) is 0 Å². The molecule has 8 heteroatoms. The lowest BCUT2D eigenvalue weighted by atomic mass is 10.0. The van der Waals surface area contributed by atoms with E-state index in [-0.39, 0.29) is 11.2 Å². The predicted octanol–water partition coefficient (Wildman–Crippen LogP) is 5.33. The highest BCUT2D eigenvalue weighted by Gasteiger charge is 2.32. The summed E-state index contributed by atoms with van der Waals surface area (Å²) in [5.74, 6) is 1.08. The Kier molecular flexibility index (Phi) is 4.49. The number of thioether (sulfide) groups is 1. The zero-order valence-corrected chi connectivity index (χ0v) is 18.1. The van der Waals surface area contributed by atoms with Gasteiger partial charge in [0.05, 0.1) is 26.9 Å². The van der Waals surface area contributed by atoms with Crippen LogP contribution in [-0.2, 0) is 4.79 Å². The van der Waals surface area contributed by atoms with Crippen LogP contribution < -0.4 is 5.32 Å². The molecule has 1 N–H and O–H groups in total. The van der Waals surface area contributed by atoms with Gasteiger partial charge in [0.2, 0.25) is 11.0 Å². The molecule has 4 aromatic rings. The minimum atomic E-state index is -0.0249. The number of aromatic nitrogens is 3. The Balaban J connectivity index is 1.71. The molecule has 28 heavy (non-hydrogen) atoms. The van der Waals surface area contributed by atoms with E-state index in [0.29, 0.717) is 11.6 Å². The minimum Gasteiger partial charge on any atom is -0.310 e. The van der Waals surface area contributed by atoms with E-state index >= 15 is 0 Å². The van der Waals surface area contributed by atoms with Crippen molar-refractivity contribution in [2.75, 3.05) is 11.1 Å². The summed E-state index contributed by atoms with van der Waals surface area (Å²) in [4.78, 5) is 17.2. The molecule has 140 valence electrons. The topological polar surface area (TPSA) is 59.8 Å². The van der Waals surface area contributed by atoms with Crippen LogP contribution in [0.4, 0.5) is 5.82 Å². The molecule has 0 spiro atoms. The molecule has 1 aliphatic heterocycles. The second kappa shape index (κ2) is 7.02. The number of nitrogens with zero attached hydrogens (tertiary/aromatic N) is 3. The van der Waals surface area contributed by atoms with E-state index < -0.39 is 0 Å². The second-order valence-electron chi connectivity index (χ2n) is 6.48. The third-order valence-electron chi connectivity index (χ3n) is 4.66. The van der Waals surface area contributed by atoms with E-state index in [1.54, 1.807) is 27.8 Å². The quantitative estimate of drug-likeness (QED) is 0.430. The average Bonchev–Trinajstić information content (AvgIpc) is 3.19. The molecule has 3 heterocycles. The Labute approximate surface area is 178 Å². The van der Waals surface area contributed by atoms with E-state index in [1.807, 2.05) is 49.4 Å². The lowest BCUT2D eigenvalue weighted by Crippen LogP contribution is -2.15. The molecule has 0 bridgehead atoms. The van der Waals surface area contributed by atoms with Gasteiger partial charge >= 0.3 is 0 Å². The molecule has 0 saturated carbocycles. The summed E-state index contributed by atoms with van der Waals surface area (Å²) in [7, 11) is 0. The van der Waals surface area contributed by atoms with Crippen molar-refractivity contribution < 1.29 is 4.79 Å². The maximum absolute atomic E-state index is 12.5. The Morgan fingerprint density at radius 3 is 2.79 bits per heavy atom. The fourth-order valence-corrected chi connectivity index (χ4v) is 6.22. The molecule has 0 saturated heterocycles. The molecule has 5 nitrogen and oxygen atoms in total. The Hall–Kier alpha value is -2.16. The van der Waals surface area contributed by atoms with Gasteiger partial charge < -0.3 is 5.32 Å². The van der Waals surface area contributed by atoms with Crippen LogP contribution >= 0.6 is 39.0 Å². The van der Waals surface area contributed by atoms with Gasteiger partial charge in [0.1, 0.15) is 5.82 Å². The number of carbonyl (C=O) groups excluding carboxylic acids is 1. The first-order valence-corrected chi connectivity index (χ1v) is 11.4. The van der Waals surface area contributed by atoms with Crippen LogP contribution in [0.15, 0.2) is 53.0 Å². The zero-order valence-electron chi connectivity index (χ0n) is 14.8. The van der Waals surface area contributed by atoms with Crippen LogP contribution in [0.25, 0.3) is 15.3 Å². The van der Waals surface area contributed by atoms with Crippen molar-refractivity contribution in [3.8, 4) is 5.13 Å². The Bertz CT molecular complexity index is 1180. The molecule has 0 aliphatic carbocycles. The maximum atomic E-state index is 12.5. The number of rotatable bonds is 2. The number of anilines is 1. The zero-order chi connectivity index (χ0) is 19.3. The van der Waals surface area contributed by atoms with E-state index in [4.69, 9.17) is 10.1 Å². The van der Waals surface area contributed by atoms with Crippen LogP contribution in [0.5, 0.6) is 0 Å².